The Labute approximate surface area is 92.6 Å². The number of phenols is 1. The van der Waals surface area contributed by atoms with Crippen molar-refractivity contribution >= 4 is 15.9 Å². The van der Waals surface area contributed by atoms with Crippen molar-refractivity contribution in [3.05, 3.63) is 40.4 Å². The maximum Gasteiger partial charge on any atom is 0.124 e. The molecule has 0 amide bonds. The first-order valence-electron chi connectivity index (χ1n) is 4.42. The van der Waals surface area contributed by atoms with Gasteiger partial charge in [-0.25, -0.2) is 0 Å². The molecule has 3 heteroatoms. The minimum absolute atomic E-state index is 0.207. The SMILES string of the molecule is C=CC[C@@H](N)c1c(Br)ccc(C)c1O. The Bertz CT molecular complexity index is 349. The van der Waals surface area contributed by atoms with Crippen LogP contribution < -0.4 is 5.73 Å². The number of phenolic OH excluding ortho intramolecular Hbond substituents is 1. The quantitative estimate of drug-likeness (QED) is 0.816. The first-order chi connectivity index (χ1) is 6.57. The molecule has 14 heavy (non-hydrogen) atoms. The average molecular weight is 256 g/mol. The fraction of sp³-hybridized carbons (Fsp3) is 0.273. The Morgan fingerprint density at radius 1 is 1.64 bits per heavy atom. The number of aromatic hydroxyl groups is 1. The van der Waals surface area contributed by atoms with Crippen molar-refractivity contribution in [3.8, 4) is 5.75 Å². The first-order valence-corrected chi connectivity index (χ1v) is 5.21. The molecule has 0 heterocycles. The predicted octanol–water partition coefficient (Wildman–Crippen LogP) is 3.04. The average Bonchev–Trinajstić information content (AvgIpc) is 2.13. The number of hydrogen-bond donors (Lipinski definition) is 2. The zero-order chi connectivity index (χ0) is 10.7. The highest BCUT2D eigenvalue weighted by atomic mass is 79.9. The van der Waals surface area contributed by atoms with Gasteiger partial charge in [-0.1, -0.05) is 28.1 Å². The molecule has 2 nitrogen and oxygen atoms in total. The molecule has 0 bridgehead atoms. The molecule has 0 spiro atoms. The highest BCUT2D eigenvalue weighted by molar-refractivity contribution is 9.10. The van der Waals surface area contributed by atoms with Gasteiger partial charge in [-0.3, -0.25) is 0 Å². The van der Waals surface area contributed by atoms with Crippen molar-refractivity contribution in [3.63, 3.8) is 0 Å². The Balaban J connectivity index is 3.17. The molecule has 0 fully saturated rings. The summed E-state index contributed by atoms with van der Waals surface area (Å²) in [7, 11) is 0. The van der Waals surface area contributed by atoms with Gasteiger partial charge >= 0.3 is 0 Å². The van der Waals surface area contributed by atoms with Crippen molar-refractivity contribution in [2.45, 2.75) is 19.4 Å². The van der Waals surface area contributed by atoms with E-state index in [0.29, 0.717) is 6.42 Å². The third-order valence-electron chi connectivity index (χ3n) is 2.16. The van der Waals surface area contributed by atoms with E-state index in [1.54, 1.807) is 6.08 Å². The molecule has 76 valence electrons. The van der Waals surface area contributed by atoms with Crippen molar-refractivity contribution in [2.24, 2.45) is 5.73 Å². The van der Waals surface area contributed by atoms with Gasteiger partial charge in [0.05, 0.1) is 0 Å². The van der Waals surface area contributed by atoms with Gasteiger partial charge in [-0.15, -0.1) is 6.58 Å². The van der Waals surface area contributed by atoms with E-state index in [4.69, 9.17) is 5.73 Å². The fourth-order valence-electron chi connectivity index (χ4n) is 1.34. The molecule has 0 unspecified atom stereocenters. The lowest BCUT2D eigenvalue weighted by molar-refractivity contribution is 0.456. The molecule has 1 rings (SSSR count). The molecule has 0 aromatic heterocycles. The molecule has 0 aliphatic rings. The van der Waals surface area contributed by atoms with E-state index < -0.39 is 0 Å². The minimum atomic E-state index is -0.207. The van der Waals surface area contributed by atoms with Gasteiger partial charge in [0.25, 0.3) is 0 Å². The van der Waals surface area contributed by atoms with Crippen molar-refractivity contribution in [1.82, 2.24) is 0 Å². The maximum absolute atomic E-state index is 9.83. The van der Waals surface area contributed by atoms with E-state index in [2.05, 4.69) is 22.5 Å². The van der Waals surface area contributed by atoms with E-state index in [9.17, 15) is 5.11 Å². The van der Waals surface area contributed by atoms with Gasteiger partial charge in [0.1, 0.15) is 5.75 Å². The van der Waals surface area contributed by atoms with Crippen LogP contribution in [0.4, 0.5) is 0 Å². The normalized spacial score (nSPS) is 12.5. The summed E-state index contributed by atoms with van der Waals surface area (Å²) in [5, 5.41) is 9.83. The number of benzene rings is 1. The summed E-state index contributed by atoms with van der Waals surface area (Å²) in [4.78, 5) is 0. The third kappa shape index (κ3) is 2.16. The van der Waals surface area contributed by atoms with Crippen LogP contribution in [-0.2, 0) is 0 Å². The zero-order valence-electron chi connectivity index (χ0n) is 8.13. The molecule has 1 atom stereocenters. The van der Waals surface area contributed by atoms with Crippen LogP contribution in [0, 0.1) is 6.92 Å². The third-order valence-corrected chi connectivity index (χ3v) is 2.85. The van der Waals surface area contributed by atoms with E-state index in [1.807, 2.05) is 19.1 Å². The van der Waals surface area contributed by atoms with Crippen molar-refractivity contribution in [2.75, 3.05) is 0 Å². The molecule has 0 radical (unpaired) electrons. The molecule has 3 N–H and O–H groups in total. The van der Waals surface area contributed by atoms with E-state index >= 15 is 0 Å². The highest BCUT2D eigenvalue weighted by Gasteiger charge is 2.14. The maximum atomic E-state index is 9.83. The number of halogens is 1. The number of hydrogen-bond acceptors (Lipinski definition) is 2. The summed E-state index contributed by atoms with van der Waals surface area (Å²) in [5.74, 6) is 0.272. The van der Waals surface area contributed by atoms with Crippen molar-refractivity contribution in [1.29, 1.82) is 0 Å². The second-order valence-electron chi connectivity index (χ2n) is 3.26. The number of aryl methyl sites for hydroxylation is 1. The Kier molecular flexibility index (Phi) is 3.72. The molecule has 1 aromatic carbocycles. The Hall–Kier alpha value is -0.800. The van der Waals surface area contributed by atoms with Gasteiger partial charge in [0.15, 0.2) is 0 Å². The van der Waals surface area contributed by atoms with Crippen LogP contribution in [-0.4, -0.2) is 5.11 Å². The molecular formula is C11H14BrNO. The lowest BCUT2D eigenvalue weighted by atomic mass is 10.0. The number of rotatable bonds is 3. The second-order valence-corrected chi connectivity index (χ2v) is 4.11. The topological polar surface area (TPSA) is 46.2 Å². The van der Waals surface area contributed by atoms with E-state index in [0.717, 1.165) is 15.6 Å². The van der Waals surface area contributed by atoms with Crippen molar-refractivity contribution < 1.29 is 5.11 Å². The van der Waals surface area contributed by atoms with Crippen LogP contribution in [0.5, 0.6) is 5.75 Å². The largest absolute Gasteiger partial charge is 0.507 e. The summed E-state index contributed by atoms with van der Waals surface area (Å²) in [6.45, 7) is 5.48. The van der Waals surface area contributed by atoms with E-state index in [-0.39, 0.29) is 11.8 Å². The van der Waals surface area contributed by atoms with Gasteiger partial charge in [0.2, 0.25) is 0 Å². The van der Waals surface area contributed by atoms with Crippen LogP contribution in [0.1, 0.15) is 23.6 Å². The molecule has 1 aromatic rings. The second kappa shape index (κ2) is 4.62. The van der Waals surface area contributed by atoms with Crippen LogP contribution >= 0.6 is 15.9 Å². The smallest absolute Gasteiger partial charge is 0.124 e. The van der Waals surface area contributed by atoms with Crippen LogP contribution in [0.15, 0.2) is 29.3 Å². The standard InChI is InChI=1S/C11H14BrNO/c1-3-4-9(13)10-8(12)6-5-7(2)11(10)14/h3,5-6,9,14H,1,4,13H2,2H3/t9-/m1/s1. The molecule has 0 aliphatic heterocycles. The Morgan fingerprint density at radius 2 is 2.29 bits per heavy atom. The van der Waals surface area contributed by atoms with E-state index in [1.165, 1.54) is 0 Å². The fourth-order valence-corrected chi connectivity index (χ4v) is 1.96. The monoisotopic (exact) mass is 255 g/mol. The first kappa shape index (κ1) is 11.3. The minimum Gasteiger partial charge on any atom is -0.507 e. The molecule has 0 saturated carbocycles. The highest BCUT2D eigenvalue weighted by Crippen LogP contribution is 2.34. The Morgan fingerprint density at radius 3 is 2.86 bits per heavy atom. The molecule has 0 saturated heterocycles. The van der Waals surface area contributed by atoms with Gasteiger partial charge < -0.3 is 10.8 Å². The molecule has 0 aliphatic carbocycles. The van der Waals surface area contributed by atoms with Crippen LogP contribution in [0.3, 0.4) is 0 Å². The summed E-state index contributed by atoms with van der Waals surface area (Å²) >= 11 is 3.38. The summed E-state index contributed by atoms with van der Waals surface area (Å²) < 4.78 is 0.843. The predicted molar refractivity (Wildman–Crippen MR) is 62.3 cm³/mol. The van der Waals surface area contributed by atoms with Gasteiger partial charge in [-0.2, -0.15) is 0 Å². The van der Waals surface area contributed by atoms with Crippen LogP contribution in [0.25, 0.3) is 0 Å². The number of nitrogens with two attached hydrogens (primary N) is 1. The summed E-state index contributed by atoms with van der Waals surface area (Å²) in [6, 6.07) is 3.54. The zero-order valence-corrected chi connectivity index (χ0v) is 9.71. The summed E-state index contributed by atoms with van der Waals surface area (Å²) in [5.41, 5.74) is 7.51. The molecular weight excluding hydrogens is 242 g/mol. The lowest BCUT2D eigenvalue weighted by Gasteiger charge is -2.15. The van der Waals surface area contributed by atoms with Gasteiger partial charge in [-0.05, 0) is 25.0 Å². The summed E-state index contributed by atoms with van der Waals surface area (Å²) in [6.07, 6.45) is 2.40. The van der Waals surface area contributed by atoms with Crippen LogP contribution in [0.2, 0.25) is 0 Å². The lowest BCUT2D eigenvalue weighted by Crippen LogP contribution is -2.10. The van der Waals surface area contributed by atoms with Gasteiger partial charge in [0, 0.05) is 16.1 Å².